The van der Waals surface area contributed by atoms with E-state index in [1.54, 1.807) is 17.9 Å². The van der Waals surface area contributed by atoms with Crippen LogP contribution < -0.4 is 4.74 Å². The number of hydrogen-bond donors (Lipinski definition) is 1. The zero-order chi connectivity index (χ0) is 11.7. The van der Waals surface area contributed by atoms with Crippen LogP contribution in [-0.4, -0.2) is 29.6 Å². The van der Waals surface area contributed by atoms with Crippen molar-refractivity contribution in [2.45, 2.75) is 19.9 Å². The summed E-state index contributed by atoms with van der Waals surface area (Å²) in [4.78, 5) is 13.0. The van der Waals surface area contributed by atoms with Crippen LogP contribution in [0.1, 0.15) is 18.1 Å². The van der Waals surface area contributed by atoms with Gasteiger partial charge >= 0.3 is 0 Å². The molecule has 0 atom stereocenters. The number of methoxy groups -OCH3 is 1. The van der Waals surface area contributed by atoms with E-state index in [9.17, 15) is 9.90 Å². The van der Waals surface area contributed by atoms with Crippen molar-refractivity contribution in [3.8, 4) is 11.5 Å². The van der Waals surface area contributed by atoms with E-state index in [0.29, 0.717) is 25.3 Å². The van der Waals surface area contributed by atoms with Gasteiger partial charge < -0.3 is 14.7 Å². The number of carbonyl (C=O) groups excluding carboxylic acids is 1. The second-order valence-corrected chi connectivity index (χ2v) is 3.94. The predicted octanol–water partition coefficient (Wildman–Crippen LogP) is 1.31. The molecule has 1 aromatic carbocycles. The molecule has 4 nitrogen and oxygen atoms in total. The lowest BCUT2D eigenvalue weighted by Gasteiger charge is -2.28. The molecule has 0 fully saturated rings. The number of benzene rings is 1. The minimum Gasteiger partial charge on any atom is -0.504 e. The quantitative estimate of drug-likeness (QED) is 0.777. The van der Waals surface area contributed by atoms with Gasteiger partial charge in [0.1, 0.15) is 0 Å². The van der Waals surface area contributed by atoms with Gasteiger partial charge in [0.25, 0.3) is 0 Å². The molecule has 0 saturated heterocycles. The highest BCUT2D eigenvalue weighted by Crippen LogP contribution is 2.35. The van der Waals surface area contributed by atoms with Gasteiger partial charge in [-0.15, -0.1) is 0 Å². The summed E-state index contributed by atoms with van der Waals surface area (Å²) in [6.45, 7) is 2.79. The lowest BCUT2D eigenvalue weighted by Crippen LogP contribution is -2.34. The summed E-state index contributed by atoms with van der Waals surface area (Å²) in [5.41, 5.74) is 1.90. The summed E-state index contributed by atoms with van der Waals surface area (Å²) >= 11 is 0. The van der Waals surface area contributed by atoms with Crippen LogP contribution in [0.2, 0.25) is 0 Å². The average molecular weight is 221 g/mol. The Kier molecular flexibility index (Phi) is 2.73. The van der Waals surface area contributed by atoms with Gasteiger partial charge in [-0.1, -0.05) is 6.07 Å². The van der Waals surface area contributed by atoms with Crippen LogP contribution in [0.15, 0.2) is 12.1 Å². The van der Waals surface area contributed by atoms with Crippen LogP contribution in [0.3, 0.4) is 0 Å². The zero-order valence-electron chi connectivity index (χ0n) is 9.49. The van der Waals surface area contributed by atoms with Crippen molar-refractivity contribution in [2.24, 2.45) is 0 Å². The van der Waals surface area contributed by atoms with Crippen molar-refractivity contribution in [3.05, 3.63) is 23.3 Å². The lowest BCUT2D eigenvalue weighted by molar-refractivity contribution is -0.129. The molecular formula is C12H15NO3. The van der Waals surface area contributed by atoms with Crippen LogP contribution in [-0.2, 0) is 17.8 Å². The topological polar surface area (TPSA) is 49.8 Å². The first-order chi connectivity index (χ1) is 7.63. The normalized spacial score (nSPS) is 14.5. The van der Waals surface area contributed by atoms with Gasteiger partial charge in [-0.3, -0.25) is 4.79 Å². The number of hydrogen-bond acceptors (Lipinski definition) is 3. The first-order valence-electron chi connectivity index (χ1n) is 5.26. The fraction of sp³-hybridized carbons (Fsp3) is 0.417. The van der Waals surface area contributed by atoms with Crippen LogP contribution >= 0.6 is 0 Å². The third kappa shape index (κ3) is 1.71. The monoisotopic (exact) mass is 221 g/mol. The minimum atomic E-state index is 0.0703. The molecule has 1 aliphatic rings. The Morgan fingerprint density at radius 1 is 1.50 bits per heavy atom. The van der Waals surface area contributed by atoms with E-state index in [-0.39, 0.29) is 11.7 Å². The van der Waals surface area contributed by atoms with Crippen molar-refractivity contribution < 1.29 is 14.6 Å². The molecule has 2 rings (SSSR count). The molecule has 0 bridgehead atoms. The predicted molar refractivity (Wildman–Crippen MR) is 59.5 cm³/mol. The highest BCUT2D eigenvalue weighted by Gasteiger charge is 2.22. The maximum atomic E-state index is 11.3. The van der Waals surface area contributed by atoms with E-state index in [2.05, 4.69) is 0 Å². The van der Waals surface area contributed by atoms with Crippen molar-refractivity contribution in [1.29, 1.82) is 0 Å². The molecule has 0 saturated carbocycles. The number of carbonyl (C=O) groups is 1. The maximum absolute atomic E-state index is 11.3. The molecule has 0 aromatic heterocycles. The Hall–Kier alpha value is -1.71. The van der Waals surface area contributed by atoms with Gasteiger partial charge in [0.15, 0.2) is 11.5 Å². The lowest BCUT2D eigenvalue weighted by atomic mass is 9.98. The van der Waals surface area contributed by atoms with Crippen LogP contribution in [0.4, 0.5) is 0 Å². The SMILES string of the molecule is COc1ccc2c(c1O)CCN(C(C)=O)C2. The summed E-state index contributed by atoms with van der Waals surface area (Å²) in [7, 11) is 1.53. The van der Waals surface area contributed by atoms with E-state index in [1.165, 1.54) is 7.11 Å². The zero-order valence-corrected chi connectivity index (χ0v) is 9.49. The Labute approximate surface area is 94.4 Å². The van der Waals surface area contributed by atoms with Gasteiger partial charge in [-0.2, -0.15) is 0 Å². The molecule has 16 heavy (non-hydrogen) atoms. The van der Waals surface area contributed by atoms with E-state index in [0.717, 1.165) is 11.1 Å². The summed E-state index contributed by atoms with van der Waals surface area (Å²) in [5, 5.41) is 9.93. The summed E-state index contributed by atoms with van der Waals surface area (Å²) in [6.07, 6.45) is 0.679. The third-order valence-electron chi connectivity index (χ3n) is 3.00. The molecule has 0 radical (unpaired) electrons. The highest BCUT2D eigenvalue weighted by atomic mass is 16.5. The third-order valence-corrected chi connectivity index (χ3v) is 3.00. The number of rotatable bonds is 1. The Balaban J connectivity index is 2.35. The van der Waals surface area contributed by atoms with Gasteiger partial charge in [0.2, 0.25) is 5.91 Å². The van der Waals surface area contributed by atoms with Crippen molar-refractivity contribution in [3.63, 3.8) is 0 Å². The van der Waals surface area contributed by atoms with Gasteiger partial charge in [0.05, 0.1) is 7.11 Å². The van der Waals surface area contributed by atoms with Gasteiger partial charge in [-0.05, 0) is 18.1 Å². The van der Waals surface area contributed by atoms with Crippen LogP contribution in [0, 0.1) is 0 Å². The standard InChI is InChI=1S/C12H15NO3/c1-8(14)13-6-5-10-9(7-13)3-4-11(16-2)12(10)15/h3-4,15H,5-7H2,1-2H3. The first kappa shape index (κ1) is 10.8. The maximum Gasteiger partial charge on any atom is 0.219 e. The number of ether oxygens (including phenoxy) is 1. The van der Waals surface area contributed by atoms with Crippen LogP contribution in [0.5, 0.6) is 11.5 Å². The minimum absolute atomic E-state index is 0.0703. The van der Waals surface area contributed by atoms with Crippen molar-refractivity contribution in [2.75, 3.05) is 13.7 Å². The first-order valence-corrected chi connectivity index (χ1v) is 5.26. The number of amides is 1. The Bertz CT molecular complexity index is 429. The Morgan fingerprint density at radius 2 is 2.25 bits per heavy atom. The molecule has 1 N–H and O–H groups in total. The second-order valence-electron chi connectivity index (χ2n) is 3.94. The van der Waals surface area contributed by atoms with Crippen molar-refractivity contribution in [1.82, 2.24) is 4.90 Å². The fourth-order valence-corrected chi connectivity index (χ4v) is 2.05. The molecule has 1 amide bonds. The molecular weight excluding hydrogens is 206 g/mol. The molecule has 1 heterocycles. The number of aromatic hydroxyl groups is 1. The average Bonchev–Trinajstić information content (AvgIpc) is 2.29. The van der Waals surface area contributed by atoms with E-state index < -0.39 is 0 Å². The van der Waals surface area contributed by atoms with Crippen molar-refractivity contribution >= 4 is 5.91 Å². The smallest absolute Gasteiger partial charge is 0.219 e. The largest absolute Gasteiger partial charge is 0.504 e. The Morgan fingerprint density at radius 3 is 2.88 bits per heavy atom. The second kappa shape index (κ2) is 4.04. The molecule has 4 heteroatoms. The van der Waals surface area contributed by atoms with E-state index >= 15 is 0 Å². The van der Waals surface area contributed by atoms with E-state index in [1.807, 2.05) is 6.07 Å². The number of phenolic OH excluding ortho intramolecular Hbond substituents is 1. The molecule has 1 aliphatic heterocycles. The number of fused-ring (bicyclic) bond motifs is 1. The molecule has 0 spiro atoms. The molecule has 1 aromatic rings. The summed E-state index contributed by atoms with van der Waals surface area (Å²) < 4.78 is 5.05. The molecule has 0 aliphatic carbocycles. The number of nitrogens with zero attached hydrogens (tertiary/aromatic N) is 1. The summed E-state index contributed by atoms with van der Waals surface area (Å²) in [5.74, 6) is 0.777. The number of phenols is 1. The van der Waals surface area contributed by atoms with Gasteiger partial charge in [0, 0.05) is 25.6 Å². The van der Waals surface area contributed by atoms with Crippen LogP contribution in [0.25, 0.3) is 0 Å². The fourth-order valence-electron chi connectivity index (χ4n) is 2.05. The van der Waals surface area contributed by atoms with E-state index in [4.69, 9.17) is 4.74 Å². The highest BCUT2D eigenvalue weighted by molar-refractivity contribution is 5.73. The summed E-state index contributed by atoms with van der Waals surface area (Å²) in [6, 6.07) is 3.64. The molecule has 86 valence electrons. The van der Waals surface area contributed by atoms with Gasteiger partial charge in [-0.25, -0.2) is 0 Å². The molecule has 0 unspecified atom stereocenters.